The maximum atomic E-state index is 12.9. The summed E-state index contributed by atoms with van der Waals surface area (Å²) in [5, 5.41) is 0. The number of anilines is 1. The van der Waals surface area contributed by atoms with Crippen LogP contribution in [-0.2, 0) is 0 Å². The summed E-state index contributed by atoms with van der Waals surface area (Å²) in [4.78, 5) is 21.8. The van der Waals surface area contributed by atoms with Crippen LogP contribution in [0.4, 0.5) is 5.82 Å². The Hall–Kier alpha value is -2.76. The van der Waals surface area contributed by atoms with E-state index in [2.05, 4.69) is 16.0 Å². The summed E-state index contributed by atoms with van der Waals surface area (Å²) in [6.07, 6.45) is -0.207. The molecule has 0 N–H and O–H groups in total. The quantitative estimate of drug-likeness (QED) is 0.831. The van der Waals surface area contributed by atoms with Gasteiger partial charge in [0.1, 0.15) is 17.3 Å². The maximum Gasteiger partial charge on any atom is 0.260 e. The average Bonchev–Trinajstić information content (AvgIpc) is 3.20. The van der Waals surface area contributed by atoms with Crippen LogP contribution in [0.2, 0.25) is 0 Å². The minimum Gasteiger partial charge on any atom is -0.497 e. The highest BCUT2D eigenvalue weighted by Gasteiger charge is 2.52. The van der Waals surface area contributed by atoms with E-state index in [0.717, 1.165) is 31.1 Å². The van der Waals surface area contributed by atoms with Crippen LogP contribution in [0.5, 0.6) is 11.5 Å². The molecule has 134 valence electrons. The van der Waals surface area contributed by atoms with Crippen molar-refractivity contribution in [1.82, 2.24) is 9.88 Å². The number of amides is 1. The molecule has 4 heterocycles. The molecule has 0 aliphatic carbocycles. The maximum absolute atomic E-state index is 12.9. The van der Waals surface area contributed by atoms with Crippen LogP contribution >= 0.6 is 0 Å². The number of carbonyl (C=O) groups excluding carboxylic acids is 1. The zero-order valence-electron chi connectivity index (χ0n) is 14.9. The van der Waals surface area contributed by atoms with Gasteiger partial charge in [-0.15, -0.1) is 0 Å². The lowest BCUT2D eigenvalue weighted by molar-refractivity contribution is 0.0151. The van der Waals surface area contributed by atoms with Gasteiger partial charge in [0.25, 0.3) is 5.91 Å². The second kappa shape index (κ2) is 5.62. The number of fused-ring (bicyclic) bond motifs is 4. The summed E-state index contributed by atoms with van der Waals surface area (Å²) in [7, 11) is 1.62. The molecule has 2 saturated heterocycles. The topological polar surface area (TPSA) is 54.9 Å². The molecule has 1 amide bonds. The molecule has 2 fully saturated rings. The van der Waals surface area contributed by atoms with E-state index >= 15 is 0 Å². The summed E-state index contributed by atoms with van der Waals surface area (Å²) in [6.45, 7) is 4.51. The summed E-state index contributed by atoms with van der Waals surface area (Å²) >= 11 is 0. The van der Waals surface area contributed by atoms with Crippen LogP contribution in [0.25, 0.3) is 0 Å². The highest BCUT2D eigenvalue weighted by atomic mass is 16.5. The van der Waals surface area contributed by atoms with Crippen LogP contribution < -0.4 is 14.4 Å². The zero-order valence-corrected chi connectivity index (χ0v) is 14.9. The Morgan fingerprint density at radius 2 is 2.08 bits per heavy atom. The van der Waals surface area contributed by atoms with E-state index in [1.807, 2.05) is 36.1 Å². The van der Waals surface area contributed by atoms with E-state index in [4.69, 9.17) is 9.47 Å². The average molecular weight is 351 g/mol. The largest absolute Gasteiger partial charge is 0.497 e. The summed E-state index contributed by atoms with van der Waals surface area (Å²) in [5.74, 6) is 3.10. The van der Waals surface area contributed by atoms with E-state index in [9.17, 15) is 4.79 Å². The van der Waals surface area contributed by atoms with E-state index in [1.165, 1.54) is 0 Å². The van der Waals surface area contributed by atoms with Crippen LogP contribution in [-0.4, -0.2) is 48.8 Å². The fourth-order valence-electron chi connectivity index (χ4n) is 4.43. The summed E-state index contributed by atoms with van der Waals surface area (Å²) < 4.78 is 11.5. The lowest BCUT2D eigenvalue weighted by Crippen LogP contribution is -2.47. The Labute approximate surface area is 152 Å². The molecule has 6 nitrogen and oxygen atoms in total. The number of pyridine rings is 1. The number of ether oxygens (including phenoxy) is 2. The first-order chi connectivity index (χ1) is 12.6. The van der Waals surface area contributed by atoms with Gasteiger partial charge in [0.2, 0.25) is 0 Å². The van der Waals surface area contributed by atoms with Crippen molar-refractivity contribution in [2.45, 2.75) is 13.2 Å². The van der Waals surface area contributed by atoms with Crippen molar-refractivity contribution >= 4 is 11.7 Å². The van der Waals surface area contributed by atoms with E-state index in [1.54, 1.807) is 13.2 Å². The first-order valence-corrected chi connectivity index (χ1v) is 8.98. The monoisotopic (exact) mass is 351 g/mol. The zero-order chi connectivity index (χ0) is 17.8. The third-order valence-corrected chi connectivity index (χ3v) is 5.72. The standard InChI is InChI=1S/C20H21N3O3/c1-12-4-3-5-18(21-12)22-9-13-10-23-19(24)15-7-6-14(25-2)8-17(15)26-20(23)16(13)11-22/h3-8,13,16,20H,9-11H2,1-2H3. The Kier molecular flexibility index (Phi) is 3.35. The van der Waals surface area contributed by atoms with Gasteiger partial charge >= 0.3 is 0 Å². The Balaban J connectivity index is 1.42. The molecular weight excluding hydrogens is 330 g/mol. The molecule has 1 aromatic carbocycles. The minimum absolute atomic E-state index is 0.0635. The van der Waals surface area contributed by atoms with Gasteiger partial charge < -0.3 is 19.3 Å². The van der Waals surface area contributed by atoms with Crippen molar-refractivity contribution in [3.63, 3.8) is 0 Å². The number of aryl methyl sites for hydroxylation is 1. The van der Waals surface area contributed by atoms with Crippen LogP contribution in [0, 0.1) is 18.8 Å². The molecule has 2 aromatic rings. The van der Waals surface area contributed by atoms with Crippen molar-refractivity contribution in [1.29, 1.82) is 0 Å². The van der Waals surface area contributed by atoms with Crippen LogP contribution in [0.3, 0.4) is 0 Å². The molecule has 3 atom stereocenters. The fourth-order valence-corrected chi connectivity index (χ4v) is 4.43. The first-order valence-electron chi connectivity index (χ1n) is 8.98. The van der Waals surface area contributed by atoms with Gasteiger partial charge in [0.05, 0.1) is 12.7 Å². The van der Waals surface area contributed by atoms with E-state index < -0.39 is 0 Å². The molecule has 6 heteroatoms. The Bertz CT molecular complexity index is 884. The Morgan fingerprint density at radius 1 is 1.19 bits per heavy atom. The normalized spacial score (nSPS) is 26.2. The number of carbonyl (C=O) groups is 1. The molecule has 0 spiro atoms. The van der Waals surface area contributed by atoms with Gasteiger partial charge in [0, 0.05) is 43.2 Å². The number of nitrogens with zero attached hydrogens (tertiary/aromatic N) is 3. The van der Waals surface area contributed by atoms with Crippen LogP contribution in [0.1, 0.15) is 16.1 Å². The summed E-state index contributed by atoms with van der Waals surface area (Å²) in [6, 6.07) is 11.5. The molecule has 0 saturated carbocycles. The van der Waals surface area contributed by atoms with Crippen LogP contribution in [0.15, 0.2) is 36.4 Å². The SMILES string of the molecule is COc1ccc2c(c1)OC1C3CN(c4cccc(C)n4)CC3CN1C2=O. The number of rotatable bonds is 2. The van der Waals surface area contributed by atoms with Gasteiger partial charge in [0.15, 0.2) is 6.23 Å². The predicted octanol–water partition coefficient (Wildman–Crippen LogP) is 2.33. The third kappa shape index (κ3) is 2.25. The molecule has 3 aliphatic heterocycles. The molecule has 0 bridgehead atoms. The molecule has 26 heavy (non-hydrogen) atoms. The molecule has 5 rings (SSSR count). The van der Waals surface area contributed by atoms with Crippen molar-refractivity contribution in [3.05, 3.63) is 47.7 Å². The fraction of sp³-hybridized carbons (Fsp3) is 0.400. The minimum atomic E-state index is -0.207. The highest BCUT2D eigenvalue weighted by Crippen LogP contribution is 2.43. The third-order valence-electron chi connectivity index (χ3n) is 5.72. The van der Waals surface area contributed by atoms with Gasteiger partial charge in [-0.25, -0.2) is 4.98 Å². The van der Waals surface area contributed by atoms with Gasteiger partial charge in [-0.05, 0) is 31.2 Å². The highest BCUT2D eigenvalue weighted by molar-refractivity contribution is 5.98. The van der Waals surface area contributed by atoms with E-state index in [-0.39, 0.29) is 12.1 Å². The summed E-state index contributed by atoms with van der Waals surface area (Å²) in [5.41, 5.74) is 1.64. The number of aromatic nitrogens is 1. The van der Waals surface area contributed by atoms with Crippen molar-refractivity contribution in [2.75, 3.05) is 31.6 Å². The molecule has 0 radical (unpaired) electrons. The number of hydrogen-bond donors (Lipinski definition) is 0. The molecule has 1 aromatic heterocycles. The van der Waals surface area contributed by atoms with Gasteiger partial charge in [-0.3, -0.25) is 4.79 Å². The molecule has 3 unspecified atom stereocenters. The van der Waals surface area contributed by atoms with Crippen molar-refractivity contribution in [3.8, 4) is 11.5 Å². The smallest absolute Gasteiger partial charge is 0.260 e. The predicted molar refractivity (Wildman–Crippen MR) is 96.6 cm³/mol. The van der Waals surface area contributed by atoms with Crippen molar-refractivity contribution < 1.29 is 14.3 Å². The lowest BCUT2D eigenvalue weighted by Gasteiger charge is -2.34. The van der Waals surface area contributed by atoms with E-state index in [0.29, 0.717) is 28.9 Å². The number of benzene rings is 1. The lowest BCUT2D eigenvalue weighted by atomic mass is 9.99. The van der Waals surface area contributed by atoms with Gasteiger partial charge in [-0.1, -0.05) is 6.07 Å². The first kappa shape index (κ1) is 15.5. The molecule has 3 aliphatic rings. The number of hydrogen-bond acceptors (Lipinski definition) is 5. The second-order valence-electron chi connectivity index (χ2n) is 7.29. The second-order valence-corrected chi connectivity index (χ2v) is 7.29. The Morgan fingerprint density at radius 3 is 2.88 bits per heavy atom. The number of methoxy groups -OCH3 is 1. The molecular formula is C20H21N3O3. The van der Waals surface area contributed by atoms with Gasteiger partial charge in [-0.2, -0.15) is 0 Å². The van der Waals surface area contributed by atoms with Crippen molar-refractivity contribution in [2.24, 2.45) is 11.8 Å².